The molecule has 0 bridgehead atoms. The van der Waals surface area contributed by atoms with Crippen molar-refractivity contribution in [2.75, 3.05) is 0 Å². The summed E-state index contributed by atoms with van der Waals surface area (Å²) in [7, 11) is 0. The molecule has 0 unspecified atom stereocenters. The van der Waals surface area contributed by atoms with Crippen molar-refractivity contribution in [3.8, 4) is 0 Å². The molecule has 0 aliphatic heterocycles. The van der Waals surface area contributed by atoms with Gasteiger partial charge in [-0.25, -0.2) is 9.37 Å². The number of hydrogen-bond acceptors (Lipinski definition) is 4. The van der Waals surface area contributed by atoms with Crippen molar-refractivity contribution in [3.63, 3.8) is 0 Å². The molecule has 0 atom stereocenters. The van der Waals surface area contributed by atoms with Crippen molar-refractivity contribution in [3.05, 3.63) is 76.9 Å². The zero-order chi connectivity index (χ0) is 21.8. The van der Waals surface area contributed by atoms with Crippen molar-refractivity contribution < 1.29 is 9.18 Å². The van der Waals surface area contributed by atoms with E-state index in [2.05, 4.69) is 25.4 Å². The maximum atomic E-state index is 13.7. The Morgan fingerprint density at radius 2 is 2.00 bits per heavy atom. The molecule has 4 aromatic rings. The van der Waals surface area contributed by atoms with Gasteiger partial charge in [0.05, 0.1) is 34.5 Å². The molecule has 4 rings (SSSR count). The quantitative estimate of drug-likeness (QED) is 0.424. The number of halogens is 1. The van der Waals surface area contributed by atoms with Gasteiger partial charge < -0.3 is 10.3 Å². The third-order valence-corrected chi connectivity index (χ3v) is 5.33. The summed E-state index contributed by atoms with van der Waals surface area (Å²) < 4.78 is 15.6. The number of fused-ring (bicyclic) bond motifs is 1. The van der Waals surface area contributed by atoms with E-state index in [1.165, 1.54) is 18.3 Å². The molecule has 31 heavy (non-hydrogen) atoms. The van der Waals surface area contributed by atoms with E-state index in [4.69, 9.17) is 0 Å². The lowest BCUT2D eigenvalue weighted by molar-refractivity contribution is 0.0948. The highest BCUT2D eigenvalue weighted by Gasteiger charge is 2.19. The minimum absolute atomic E-state index is 0.0348. The van der Waals surface area contributed by atoms with Crippen LogP contribution in [-0.4, -0.2) is 30.6 Å². The molecule has 2 N–H and O–H groups in total. The van der Waals surface area contributed by atoms with Crippen molar-refractivity contribution in [1.29, 1.82) is 0 Å². The van der Waals surface area contributed by atoms with Gasteiger partial charge in [-0.1, -0.05) is 12.1 Å². The van der Waals surface area contributed by atoms with Crippen LogP contribution in [0.25, 0.3) is 11.0 Å². The van der Waals surface area contributed by atoms with Crippen molar-refractivity contribution in [2.45, 2.75) is 46.2 Å². The van der Waals surface area contributed by atoms with Crippen LogP contribution in [0.15, 0.2) is 42.6 Å². The summed E-state index contributed by atoms with van der Waals surface area (Å²) in [5.74, 6) is 0.279. The van der Waals surface area contributed by atoms with Gasteiger partial charge in [-0.2, -0.15) is 5.10 Å². The third kappa shape index (κ3) is 4.63. The fourth-order valence-electron chi connectivity index (χ4n) is 3.72. The zero-order valence-corrected chi connectivity index (χ0v) is 17.7. The molecule has 7 nitrogen and oxygen atoms in total. The number of imidazole rings is 1. The molecular formula is C23H25FN6O. The van der Waals surface area contributed by atoms with Crippen molar-refractivity contribution in [1.82, 2.24) is 30.0 Å². The Morgan fingerprint density at radius 3 is 2.81 bits per heavy atom. The standard InChI is InChI=1S/C23H25FN6O/c1-15-22(23(31)26-14-20-17(24)8-7-12-25-20)16(2)30(29-15)13-6-5-11-21-27-18-9-3-4-10-19(18)28-21/h3-4,7-10,12H,5-6,11,13-14H2,1-2H3,(H,26,31)(H,27,28). The first-order valence-corrected chi connectivity index (χ1v) is 10.4. The van der Waals surface area contributed by atoms with E-state index in [0.29, 0.717) is 11.3 Å². The fourth-order valence-corrected chi connectivity index (χ4v) is 3.72. The van der Waals surface area contributed by atoms with Gasteiger partial charge in [0.2, 0.25) is 0 Å². The number of amides is 1. The van der Waals surface area contributed by atoms with Gasteiger partial charge in [0, 0.05) is 24.9 Å². The maximum Gasteiger partial charge on any atom is 0.255 e. The van der Waals surface area contributed by atoms with Gasteiger partial charge in [-0.15, -0.1) is 0 Å². The Balaban J connectivity index is 1.32. The lowest BCUT2D eigenvalue weighted by atomic mass is 10.1. The molecule has 1 aromatic carbocycles. The summed E-state index contributed by atoms with van der Waals surface area (Å²) in [6.45, 7) is 4.45. The number of benzene rings is 1. The number of unbranched alkanes of at least 4 members (excludes halogenated alkanes) is 1. The van der Waals surface area contributed by atoms with Crippen LogP contribution in [0.2, 0.25) is 0 Å². The lowest BCUT2D eigenvalue weighted by Gasteiger charge is -2.07. The Kier molecular flexibility index (Phi) is 6.06. The second kappa shape index (κ2) is 9.07. The van der Waals surface area contributed by atoms with E-state index in [1.807, 2.05) is 42.8 Å². The van der Waals surface area contributed by atoms with E-state index in [9.17, 15) is 9.18 Å². The van der Waals surface area contributed by atoms with Crippen LogP contribution >= 0.6 is 0 Å². The number of pyridine rings is 1. The second-order valence-electron chi connectivity index (χ2n) is 7.54. The van der Waals surface area contributed by atoms with Gasteiger partial charge in [-0.3, -0.25) is 14.5 Å². The number of rotatable bonds is 8. The fraction of sp³-hybridized carbons (Fsp3) is 0.304. The average Bonchev–Trinajstić information content (AvgIpc) is 3.30. The number of carbonyl (C=O) groups excluding carboxylic acids is 1. The number of hydrogen-bond donors (Lipinski definition) is 2. The second-order valence-corrected chi connectivity index (χ2v) is 7.54. The molecule has 0 aliphatic rings. The molecule has 0 spiro atoms. The van der Waals surface area contributed by atoms with Crippen LogP contribution in [0.1, 0.15) is 46.1 Å². The predicted molar refractivity (Wildman–Crippen MR) is 116 cm³/mol. The van der Waals surface area contributed by atoms with Gasteiger partial charge >= 0.3 is 0 Å². The Labute approximate surface area is 179 Å². The summed E-state index contributed by atoms with van der Waals surface area (Å²) in [5, 5.41) is 7.27. The summed E-state index contributed by atoms with van der Waals surface area (Å²) in [6, 6.07) is 10.8. The number of carbonyl (C=O) groups is 1. The number of H-pyrrole nitrogens is 1. The average molecular weight is 420 g/mol. The third-order valence-electron chi connectivity index (χ3n) is 5.33. The van der Waals surface area contributed by atoms with Crippen LogP contribution in [0, 0.1) is 19.7 Å². The number of para-hydroxylation sites is 2. The molecule has 3 heterocycles. The number of nitrogens with zero attached hydrogens (tertiary/aromatic N) is 4. The van der Waals surface area contributed by atoms with Crippen LogP contribution in [-0.2, 0) is 19.5 Å². The van der Waals surface area contributed by atoms with Crippen LogP contribution in [0.4, 0.5) is 4.39 Å². The predicted octanol–water partition coefficient (Wildman–Crippen LogP) is 3.86. The highest BCUT2D eigenvalue weighted by molar-refractivity contribution is 5.96. The highest BCUT2D eigenvalue weighted by Crippen LogP contribution is 2.16. The zero-order valence-electron chi connectivity index (χ0n) is 17.7. The molecule has 0 aliphatic carbocycles. The molecule has 160 valence electrons. The smallest absolute Gasteiger partial charge is 0.255 e. The number of nitrogens with one attached hydrogen (secondary N) is 2. The first kappa shape index (κ1) is 20.7. The Morgan fingerprint density at radius 1 is 1.16 bits per heavy atom. The van der Waals surface area contributed by atoms with Crippen molar-refractivity contribution in [2.24, 2.45) is 0 Å². The van der Waals surface area contributed by atoms with Gasteiger partial charge in [0.25, 0.3) is 5.91 Å². The number of aromatic amines is 1. The molecular weight excluding hydrogens is 395 g/mol. The minimum Gasteiger partial charge on any atom is -0.346 e. The first-order chi connectivity index (χ1) is 15.0. The molecule has 0 radical (unpaired) electrons. The van der Waals surface area contributed by atoms with Gasteiger partial charge in [-0.05, 0) is 51.0 Å². The number of aromatic nitrogens is 5. The molecule has 0 saturated heterocycles. The van der Waals surface area contributed by atoms with Gasteiger partial charge in [0.15, 0.2) is 0 Å². The van der Waals surface area contributed by atoms with Crippen LogP contribution in [0.3, 0.4) is 0 Å². The van der Waals surface area contributed by atoms with Crippen LogP contribution in [0.5, 0.6) is 0 Å². The van der Waals surface area contributed by atoms with E-state index in [-0.39, 0.29) is 18.1 Å². The summed E-state index contributed by atoms with van der Waals surface area (Å²) in [6.07, 6.45) is 4.24. The van der Waals surface area contributed by atoms with E-state index in [1.54, 1.807) is 0 Å². The Bertz CT molecular complexity index is 1180. The molecule has 0 saturated carbocycles. The summed E-state index contributed by atoms with van der Waals surface area (Å²) in [4.78, 5) is 24.6. The van der Waals surface area contributed by atoms with Crippen molar-refractivity contribution >= 4 is 16.9 Å². The molecule has 3 aromatic heterocycles. The monoisotopic (exact) mass is 420 g/mol. The maximum absolute atomic E-state index is 13.7. The van der Waals surface area contributed by atoms with Gasteiger partial charge in [0.1, 0.15) is 11.6 Å². The first-order valence-electron chi connectivity index (χ1n) is 10.4. The highest BCUT2D eigenvalue weighted by atomic mass is 19.1. The van der Waals surface area contributed by atoms with E-state index >= 15 is 0 Å². The minimum atomic E-state index is -0.434. The van der Waals surface area contributed by atoms with E-state index in [0.717, 1.165) is 48.4 Å². The summed E-state index contributed by atoms with van der Waals surface area (Å²) >= 11 is 0. The molecule has 8 heteroatoms. The molecule has 0 fully saturated rings. The SMILES string of the molecule is Cc1nn(CCCCc2nc3ccccc3[nH]2)c(C)c1C(=O)NCc1ncccc1F. The Hall–Kier alpha value is -3.55. The largest absolute Gasteiger partial charge is 0.346 e. The lowest BCUT2D eigenvalue weighted by Crippen LogP contribution is -2.25. The summed E-state index contributed by atoms with van der Waals surface area (Å²) in [5.41, 5.74) is 4.25. The topological polar surface area (TPSA) is 88.5 Å². The van der Waals surface area contributed by atoms with Crippen LogP contribution < -0.4 is 5.32 Å². The number of aryl methyl sites for hydroxylation is 3. The normalized spacial score (nSPS) is 11.2. The van der Waals surface area contributed by atoms with E-state index < -0.39 is 5.82 Å². The molecule has 1 amide bonds.